The van der Waals surface area contributed by atoms with Crippen LogP contribution in [0.25, 0.3) is 0 Å². The maximum absolute atomic E-state index is 11.0. The third-order valence-corrected chi connectivity index (χ3v) is 3.56. The van der Waals surface area contributed by atoms with Gasteiger partial charge in [-0.25, -0.2) is 4.79 Å². The first-order valence-electron chi connectivity index (χ1n) is 6.16. The van der Waals surface area contributed by atoms with E-state index in [9.17, 15) is 4.79 Å². The Morgan fingerprint density at radius 3 is 2.61 bits per heavy atom. The fourth-order valence-electron chi connectivity index (χ4n) is 2.53. The van der Waals surface area contributed by atoms with Crippen molar-refractivity contribution in [3.8, 4) is 0 Å². The number of hydrogen-bond donors (Lipinski definition) is 1. The van der Waals surface area contributed by atoms with Crippen molar-refractivity contribution in [1.82, 2.24) is 4.90 Å². The van der Waals surface area contributed by atoms with Crippen LogP contribution < -0.4 is 4.90 Å². The van der Waals surface area contributed by atoms with Gasteiger partial charge in [-0.1, -0.05) is 6.07 Å². The molecule has 0 spiro atoms. The number of rotatable bonds is 1. The minimum absolute atomic E-state index is 0.503. The highest BCUT2D eigenvalue weighted by atomic mass is 16.5. The third-order valence-electron chi connectivity index (χ3n) is 3.56. The Labute approximate surface area is 106 Å². The van der Waals surface area contributed by atoms with Crippen molar-refractivity contribution < 1.29 is 14.6 Å². The van der Waals surface area contributed by atoms with Gasteiger partial charge in [0.2, 0.25) is 0 Å². The number of amides is 1. The average molecular weight is 248 g/mol. The van der Waals surface area contributed by atoms with Crippen LogP contribution in [0.2, 0.25) is 0 Å². The zero-order valence-corrected chi connectivity index (χ0v) is 10.1. The molecule has 5 heteroatoms. The maximum atomic E-state index is 11.0. The number of anilines is 1. The highest BCUT2D eigenvalue weighted by molar-refractivity contribution is 5.67. The molecule has 0 aliphatic carbocycles. The molecule has 0 radical (unpaired) electrons. The molecule has 0 bridgehead atoms. The van der Waals surface area contributed by atoms with E-state index in [2.05, 4.69) is 17.0 Å². The van der Waals surface area contributed by atoms with Crippen LogP contribution in [0.1, 0.15) is 11.1 Å². The second-order valence-electron chi connectivity index (χ2n) is 4.69. The Balaban J connectivity index is 1.80. The van der Waals surface area contributed by atoms with E-state index >= 15 is 0 Å². The first-order valence-corrected chi connectivity index (χ1v) is 6.16. The molecule has 2 aliphatic rings. The van der Waals surface area contributed by atoms with Crippen LogP contribution in [0.15, 0.2) is 18.2 Å². The maximum Gasteiger partial charge on any atom is 0.407 e. The van der Waals surface area contributed by atoms with Crippen LogP contribution >= 0.6 is 0 Å². The number of carbonyl (C=O) groups is 1. The van der Waals surface area contributed by atoms with Crippen LogP contribution in [-0.4, -0.2) is 42.4 Å². The van der Waals surface area contributed by atoms with E-state index in [-0.39, 0.29) is 0 Å². The Kier molecular flexibility index (Phi) is 2.83. The summed E-state index contributed by atoms with van der Waals surface area (Å²) < 4.78 is 5.33. The first-order chi connectivity index (χ1) is 8.74. The molecule has 96 valence electrons. The van der Waals surface area contributed by atoms with Crippen LogP contribution in [-0.2, 0) is 17.8 Å². The van der Waals surface area contributed by atoms with Crippen molar-refractivity contribution in [3.05, 3.63) is 29.3 Å². The molecule has 1 amide bonds. The van der Waals surface area contributed by atoms with Crippen LogP contribution in [0, 0.1) is 0 Å². The monoisotopic (exact) mass is 248 g/mol. The number of benzene rings is 1. The molecular formula is C13H16N2O3. The number of morpholine rings is 1. The molecular weight excluding hydrogens is 232 g/mol. The SMILES string of the molecule is O=C(O)N1Cc2ccc(N3CCOCC3)cc2C1. The van der Waals surface area contributed by atoms with Crippen molar-refractivity contribution >= 4 is 11.8 Å². The fourth-order valence-corrected chi connectivity index (χ4v) is 2.53. The van der Waals surface area contributed by atoms with Gasteiger partial charge < -0.3 is 14.7 Å². The first kappa shape index (κ1) is 11.3. The molecule has 0 atom stereocenters. The summed E-state index contributed by atoms with van der Waals surface area (Å²) in [5.74, 6) is 0. The summed E-state index contributed by atoms with van der Waals surface area (Å²) in [7, 11) is 0. The molecule has 1 aromatic rings. The number of carboxylic acid groups (broad SMARTS) is 1. The number of fused-ring (bicyclic) bond motifs is 1. The molecule has 2 aliphatic heterocycles. The quantitative estimate of drug-likeness (QED) is 0.818. The lowest BCUT2D eigenvalue weighted by Gasteiger charge is -2.29. The van der Waals surface area contributed by atoms with E-state index in [0.29, 0.717) is 13.1 Å². The lowest BCUT2D eigenvalue weighted by molar-refractivity contribution is 0.122. The van der Waals surface area contributed by atoms with Crippen LogP contribution in [0.3, 0.4) is 0 Å². The smallest absolute Gasteiger partial charge is 0.407 e. The number of hydrogen-bond acceptors (Lipinski definition) is 3. The molecule has 5 nitrogen and oxygen atoms in total. The summed E-state index contributed by atoms with van der Waals surface area (Å²) in [6.45, 7) is 4.34. The summed E-state index contributed by atoms with van der Waals surface area (Å²) in [5.41, 5.74) is 3.42. The normalized spacial score (nSPS) is 18.9. The Morgan fingerprint density at radius 2 is 1.89 bits per heavy atom. The minimum Gasteiger partial charge on any atom is -0.465 e. The molecule has 1 N–H and O–H groups in total. The van der Waals surface area contributed by atoms with Crippen LogP contribution in [0.5, 0.6) is 0 Å². The van der Waals surface area contributed by atoms with Gasteiger partial charge in [0.15, 0.2) is 0 Å². The van der Waals surface area contributed by atoms with Crippen molar-refractivity contribution in [2.24, 2.45) is 0 Å². The Hall–Kier alpha value is -1.75. The molecule has 1 saturated heterocycles. The van der Waals surface area contributed by atoms with Gasteiger partial charge in [0, 0.05) is 31.9 Å². The third kappa shape index (κ3) is 2.01. The summed E-state index contributed by atoms with van der Waals surface area (Å²) in [4.78, 5) is 14.7. The molecule has 0 aromatic heterocycles. The van der Waals surface area contributed by atoms with Crippen molar-refractivity contribution in [2.75, 3.05) is 31.2 Å². The van der Waals surface area contributed by atoms with E-state index in [1.165, 1.54) is 10.6 Å². The largest absolute Gasteiger partial charge is 0.465 e. The molecule has 18 heavy (non-hydrogen) atoms. The van der Waals surface area contributed by atoms with Gasteiger partial charge in [-0.3, -0.25) is 4.90 Å². The van der Waals surface area contributed by atoms with Crippen LogP contribution in [0.4, 0.5) is 10.5 Å². The molecule has 3 rings (SSSR count). The summed E-state index contributed by atoms with van der Waals surface area (Å²) in [5, 5.41) is 9.00. The Morgan fingerprint density at radius 1 is 1.17 bits per heavy atom. The van der Waals surface area contributed by atoms with Gasteiger partial charge in [0.25, 0.3) is 0 Å². The second-order valence-corrected chi connectivity index (χ2v) is 4.69. The molecule has 0 saturated carbocycles. The highest BCUT2D eigenvalue weighted by Crippen LogP contribution is 2.27. The second kappa shape index (κ2) is 4.49. The summed E-state index contributed by atoms with van der Waals surface area (Å²) in [6.07, 6.45) is -0.848. The van der Waals surface area contributed by atoms with E-state index in [1.54, 1.807) is 0 Å². The van der Waals surface area contributed by atoms with Gasteiger partial charge >= 0.3 is 6.09 Å². The van der Waals surface area contributed by atoms with Crippen molar-refractivity contribution in [3.63, 3.8) is 0 Å². The average Bonchev–Trinajstić information content (AvgIpc) is 2.82. The molecule has 1 fully saturated rings. The number of nitrogens with zero attached hydrogens (tertiary/aromatic N) is 2. The standard InChI is InChI=1S/C13H16N2O3/c16-13(17)15-8-10-1-2-12(7-11(10)9-15)14-3-5-18-6-4-14/h1-2,7H,3-6,8-9H2,(H,16,17). The predicted octanol–water partition coefficient (Wildman–Crippen LogP) is 1.52. The molecule has 1 aromatic carbocycles. The van der Waals surface area contributed by atoms with Gasteiger partial charge in [-0.15, -0.1) is 0 Å². The van der Waals surface area contributed by atoms with E-state index in [1.807, 2.05) is 6.07 Å². The summed E-state index contributed by atoms with van der Waals surface area (Å²) in [6, 6.07) is 6.24. The van der Waals surface area contributed by atoms with Gasteiger partial charge in [-0.2, -0.15) is 0 Å². The Bertz CT molecular complexity index is 469. The van der Waals surface area contributed by atoms with Gasteiger partial charge in [0.1, 0.15) is 0 Å². The zero-order chi connectivity index (χ0) is 12.5. The molecule has 0 unspecified atom stereocenters. The predicted molar refractivity (Wildman–Crippen MR) is 66.7 cm³/mol. The van der Waals surface area contributed by atoms with Crippen molar-refractivity contribution in [2.45, 2.75) is 13.1 Å². The number of ether oxygens (including phenoxy) is 1. The summed E-state index contributed by atoms with van der Waals surface area (Å²) >= 11 is 0. The van der Waals surface area contributed by atoms with Crippen molar-refractivity contribution in [1.29, 1.82) is 0 Å². The highest BCUT2D eigenvalue weighted by Gasteiger charge is 2.23. The van der Waals surface area contributed by atoms with Gasteiger partial charge in [-0.05, 0) is 23.3 Å². The minimum atomic E-state index is -0.848. The topological polar surface area (TPSA) is 53.0 Å². The van der Waals surface area contributed by atoms with E-state index < -0.39 is 6.09 Å². The zero-order valence-electron chi connectivity index (χ0n) is 10.1. The van der Waals surface area contributed by atoms with E-state index in [4.69, 9.17) is 9.84 Å². The molecule has 2 heterocycles. The van der Waals surface area contributed by atoms with E-state index in [0.717, 1.165) is 37.4 Å². The lowest BCUT2D eigenvalue weighted by Crippen LogP contribution is -2.36. The lowest BCUT2D eigenvalue weighted by atomic mass is 10.1. The fraction of sp³-hybridized carbons (Fsp3) is 0.462. The van der Waals surface area contributed by atoms with Gasteiger partial charge in [0.05, 0.1) is 13.2 Å².